The van der Waals surface area contributed by atoms with E-state index in [2.05, 4.69) is 5.32 Å². The van der Waals surface area contributed by atoms with Gasteiger partial charge in [0.15, 0.2) is 0 Å². The number of aryl methyl sites for hydroxylation is 3. The number of rotatable bonds is 5. The Morgan fingerprint density at radius 3 is 2.09 bits per heavy atom. The molecular weight excluding hydrogens is 416 g/mol. The monoisotopic (exact) mass is 440 g/mol. The molecule has 166 valence electrons. The third-order valence-electron chi connectivity index (χ3n) is 5.28. The third kappa shape index (κ3) is 5.01. The SMILES string of the molecule is Cc1ccc(COc2ccc(/C=C3\C(=O)NC(=O)N(c4cc(C)cc(C)c4)C3=O)cc2)cc1. The van der Waals surface area contributed by atoms with Gasteiger partial charge in [0.1, 0.15) is 17.9 Å². The Balaban J connectivity index is 1.53. The van der Waals surface area contributed by atoms with Crippen LogP contribution in [0.2, 0.25) is 0 Å². The van der Waals surface area contributed by atoms with Crippen molar-refractivity contribution in [1.29, 1.82) is 0 Å². The van der Waals surface area contributed by atoms with Gasteiger partial charge >= 0.3 is 6.03 Å². The molecule has 0 aromatic heterocycles. The standard InChI is InChI=1S/C27H24N2O4/c1-17-4-6-21(7-5-17)16-33-23-10-8-20(9-11-23)15-24-25(30)28-27(32)29(26(24)31)22-13-18(2)12-19(3)14-22/h4-15H,16H2,1-3H3,(H,28,30,32)/b24-15+. The van der Waals surface area contributed by atoms with E-state index >= 15 is 0 Å². The number of nitrogens with zero attached hydrogens (tertiary/aromatic N) is 1. The highest BCUT2D eigenvalue weighted by atomic mass is 16.5. The Bertz CT molecular complexity index is 1240. The summed E-state index contributed by atoms with van der Waals surface area (Å²) in [5.41, 5.74) is 5.03. The van der Waals surface area contributed by atoms with Gasteiger partial charge in [0, 0.05) is 0 Å². The molecule has 1 fully saturated rings. The van der Waals surface area contributed by atoms with Crippen LogP contribution in [0.3, 0.4) is 0 Å². The van der Waals surface area contributed by atoms with E-state index in [0.717, 1.165) is 21.6 Å². The van der Waals surface area contributed by atoms with Crippen LogP contribution in [0.4, 0.5) is 10.5 Å². The molecule has 1 aliphatic heterocycles. The van der Waals surface area contributed by atoms with E-state index in [1.54, 1.807) is 36.4 Å². The van der Waals surface area contributed by atoms with Crippen LogP contribution >= 0.6 is 0 Å². The predicted molar refractivity (Wildman–Crippen MR) is 127 cm³/mol. The number of hydrogen-bond acceptors (Lipinski definition) is 4. The van der Waals surface area contributed by atoms with Crippen LogP contribution in [0.15, 0.2) is 72.3 Å². The molecule has 1 saturated heterocycles. The number of ether oxygens (including phenoxy) is 1. The molecule has 33 heavy (non-hydrogen) atoms. The Morgan fingerprint density at radius 2 is 1.45 bits per heavy atom. The fourth-order valence-electron chi connectivity index (χ4n) is 3.65. The molecule has 1 heterocycles. The van der Waals surface area contributed by atoms with Gasteiger partial charge < -0.3 is 4.74 Å². The first-order valence-corrected chi connectivity index (χ1v) is 10.6. The van der Waals surface area contributed by atoms with Crippen molar-refractivity contribution in [2.24, 2.45) is 0 Å². The van der Waals surface area contributed by atoms with Crippen molar-refractivity contribution in [1.82, 2.24) is 5.32 Å². The molecule has 1 aliphatic rings. The van der Waals surface area contributed by atoms with Crippen molar-refractivity contribution >= 4 is 29.6 Å². The van der Waals surface area contributed by atoms with Crippen molar-refractivity contribution in [2.45, 2.75) is 27.4 Å². The molecule has 0 saturated carbocycles. The number of anilines is 1. The van der Waals surface area contributed by atoms with Gasteiger partial charge in [-0.05, 0) is 73.4 Å². The van der Waals surface area contributed by atoms with Crippen LogP contribution < -0.4 is 15.0 Å². The number of carbonyl (C=O) groups excluding carboxylic acids is 3. The highest BCUT2D eigenvalue weighted by molar-refractivity contribution is 6.39. The van der Waals surface area contributed by atoms with Gasteiger partial charge in [-0.25, -0.2) is 9.69 Å². The number of benzene rings is 3. The molecule has 6 heteroatoms. The largest absolute Gasteiger partial charge is 0.489 e. The summed E-state index contributed by atoms with van der Waals surface area (Å²) in [6.07, 6.45) is 1.48. The fraction of sp³-hybridized carbons (Fsp3) is 0.148. The summed E-state index contributed by atoms with van der Waals surface area (Å²) in [5, 5.41) is 2.26. The third-order valence-corrected chi connectivity index (χ3v) is 5.28. The Kier molecular flexibility index (Phi) is 6.09. The van der Waals surface area contributed by atoms with Crippen molar-refractivity contribution in [3.05, 3.63) is 100 Å². The van der Waals surface area contributed by atoms with E-state index in [-0.39, 0.29) is 5.57 Å². The second kappa shape index (κ2) is 9.12. The van der Waals surface area contributed by atoms with Gasteiger partial charge in [-0.15, -0.1) is 0 Å². The lowest BCUT2D eigenvalue weighted by atomic mass is 10.1. The molecule has 3 aromatic rings. The van der Waals surface area contributed by atoms with Gasteiger partial charge in [-0.2, -0.15) is 0 Å². The van der Waals surface area contributed by atoms with Crippen LogP contribution in [-0.2, 0) is 16.2 Å². The minimum atomic E-state index is -0.757. The van der Waals surface area contributed by atoms with Gasteiger partial charge in [0.25, 0.3) is 11.8 Å². The van der Waals surface area contributed by atoms with Gasteiger partial charge in [-0.1, -0.05) is 48.0 Å². The smallest absolute Gasteiger partial charge is 0.335 e. The lowest BCUT2D eigenvalue weighted by molar-refractivity contribution is -0.122. The summed E-state index contributed by atoms with van der Waals surface area (Å²) < 4.78 is 5.81. The van der Waals surface area contributed by atoms with Crippen molar-refractivity contribution in [2.75, 3.05) is 4.90 Å². The summed E-state index contributed by atoms with van der Waals surface area (Å²) in [4.78, 5) is 38.9. The molecule has 0 radical (unpaired) electrons. The van der Waals surface area contributed by atoms with Crippen LogP contribution in [0, 0.1) is 20.8 Å². The molecule has 0 atom stereocenters. The molecule has 0 spiro atoms. The number of urea groups is 1. The number of carbonyl (C=O) groups is 3. The molecular formula is C27H24N2O4. The van der Waals surface area contributed by atoms with Crippen LogP contribution in [0.1, 0.15) is 27.8 Å². The average molecular weight is 440 g/mol. The molecule has 0 aliphatic carbocycles. The first kappa shape index (κ1) is 22.0. The zero-order valence-electron chi connectivity index (χ0n) is 18.7. The Hall–Kier alpha value is -4.19. The number of barbiturate groups is 1. The maximum absolute atomic E-state index is 13.1. The van der Waals surface area contributed by atoms with E-state index in [1.165, 1.54) is 11.6 Å². The summed E-state index contributed by atoms with van der Waals surface area (Å²) >= 11 is 0. The maximum atomic E-state index is 13.1. The molecule has 6 nitrogen and oxygen atoms in total. The topological polar surface area (TPSA) is 75.7 Å². The number of nitrogens with one attached hydrogen (secondary N) is 1. The molecule has 3 aromatic carbocycles. The van der Waals surface area contributed by atoms with Gasteiger partial charge in [0.05, 0.1) is 5.69 Å². The molecule has 4 amide bonds. The van der Waals surface area contributed by atoms with E-state index < -0.39 is 17.8 Å². The first-order valence-electron chi connectivity index (χ1n) is 10.6. The maximum Gasteiger partial charge on any atom is 0.335 e. The lowest BCUT2D eigenvalue weighted by Crippen LogP contribution is -2.54. The van der Waals surface area contributed by atoms with Crippen molar-refractivity contribution in [3.8, 4) is 5.75 Å². The Morgan fingerprint density at radius 1 is 0.818 bits per heavy atom. The molecule has 0 unspecified atom stereocenters. The van der Waals surface area contributed by atoms with Crippen molar-refractivity contribution in [3.63, 3.8) is 0 Å². The molecule has 1 N–H and O–H groups in total. The highest BCUT2D eigenvalue weighted by Gasteiger charge is 2.36. The van der Waals surface area contributed by atoms with E-state index in [1.807, 2.05) is 51.1 Å². The lowest BCUT2D eigenvalue weighted by Gasteiger charge is -2.27. The van der Waals surface area contributed by atoms with Crippen LogP contribution in [0.5, 0.6) is 5.75 Å². The minimum Gasteiger partial charge on any atom is -0.489 e. The van der Waals surface area contributed by atoms with E-state index in [0.29, 0.717) is 23.6 Å². The zero-order valence-corrected chi connectivity index (χ0v) is 18.7. The quantitative estimate of drug-likeness (QED) is 0.454. The summed E-state index contributed by atoms with van der Waals surface area (Å²) in [6, 6.07) is 19.8. The molecule has 0 bridgehead atoms. The normalized spacial score (nSPS) is 15.1. The van der Waals surface area contributed by atoms with Crippen LogP contribution in [0.25, 0.3) is 6.08 Å². The Labute approximate surface area is 192 Å². The van der Waals surface area contributed by atoms with Gasteiger partial charge in [-0.3, -0.25) is 14.9 Å². The van der Waals surface area contributed by atoms with Crippen LogP contribution in [-0.4, -0.2) is 17.8 Å². The zero-order chi connectivity index (χ0) is 23.5. The number of imide groups is 2. The van der Waals surface area contributed by atoms with Crippen molar-refractivity contribution < 1.29 is 19.1 Å². The second-order valence-corrected chi connectivity index (χ2v) is 8.15. The predicted octanol–water partition coefficient (Wildman–Crippen LogP) is 4.86. The van der Waals surface area contributed by atoms with E-state index in [4.69, 9.17) is 4.74 Å². The van der Waals surface area contributed by atoms with E-state index in [9.17, 15) is 14.4 Å². The first-order chi connectivity index (χ1) is 15.8. The van der Waals surface area contributed by atoms with Gasteiger partial charge in [0.2, 0.25) is 0 Å². The summed E-state index contributed by atoms with van der Waals surface area (Å²) in [6.45, 7) is 6.24. The summed E-state index contributed by atoms with van der Waals surface area (Å²) in [5.74, 6) is -0.706. The fourth-order valence-corrected chi connectivity index (χ4v) is 3.65. The summed E-state index contributed by atoms with van der Waals surface area (Å²) in [7, 11) is 0. The minimum absolute atomic E-state index is 0.109. The molecule has 4 rings (SSSR count). The second-order valence-electron chi connectivity index (χ2n) is 8.15. The number of amides is 4. The highest BCUT2D eigenvalue weighted by Crippen LogP contribution is 2.25. The average Bonchev–Trinajstić information content (AvgIpc) is 2.76. The number of hydrogen-bond donors (Lipinski definition) is 1.